The minimum atomic E-state index is -0.913. The van der Waals surface area contributed by atoms with Crippen molar-refractivity contribution in [3.8, 4) is 0 Å². The maximum absolute atomic E-state index is 11.0. The van der Waals surface area contributed by atoms with Crippen LogP contribution < -0.4 is 0 Å². The van der Waals surface area contributed by atoms with Gasteiger partial charge < -0.3 is 5.11 Å². The van der Waals surface area contributed by atoms with E-state index in [1.165, 1.54) is 5.56 Å². The third-order valence-corrected chi connectivity index (χ3v) is 4.17. The Kier molecular flexibility index (Phi) is 4.44. The normalized spacial score (nSPS) is 10.3. The Morgan fingerprint density at radius 1 is 1.17 bits per heavy atom. The number of hydrogen-bond donors (Lipinski definition) is 1. The fraction of sp³-hybridized carbons (Fsp3) is 0.0714. The van der Waals surface area contributed by atoms with Gasteiger partial charge in [-0.1, -0.05) is 30.3 Å². The predicted octanol–water partition coefficient (Wildman–Crippen LogP) is 4.44. The van der Waals surface area contributed by atoms with Crippen LogP contribution in [0.3, 0.4) is 0 Å². The van der Waals surface area contributed by atoms with E-state index in [9.17, 15) is 4.79 Å². The first kappa shape index (κ1) is 13.2. The molecule has 2 rings (SSSR count). The van der Waals surface area contributed by atoms with E-state index in [-0.39, 0.29) is 0 Å². The first-order chi connectivity index (χ1) is 8.66. The topological polar surface area (TPSA) is 37.3 Å². The van der Waals surface area contributed by atoms with Crippen molar-refractivity contribution < 1.29 is 9.90 Å². The van der Waals surface area contributed by atoms with Crippen LogP contribution in [-0.2, 0) is 5.75 Å². The lowest BCUT2D eigenvalue weighted by atomic mass is 10.2. The molecular formula is C14H11BrO2S. The summed E-state index contributed by atoms with van der Waals surface area (Å²) >= 11 is 4.87. The Bertz CT molecular complexity index is 555. The van der Waals surface area contributed by atoms with Crippen LogP contribution in [0.5, 0.6) is 0 Å². The molecular weight excluding hydrogens is 312 g/mol. The molecule has 0 unspecified atom stereocenters. The number of thioether (sulfide) groups is 1. The quantitative estimate of drug-likeness (QED) is 0.845. The van der Waals surface area contributed by atoms with E-state index in [1.54, 1.807) is 23.9 Å². The Morgan fingerprint density at radius 2 is 1.89 bits per heavy atom. The number of halogens is 1. The van der Waals surface area contributed by atoms with Crippen molar-refractivity contribution in [3.05, 3.63) is 64.1 Å². The van der Waals surface area contributed by atoms with E-state index in [4.69, 9.17) is 5.11 Å². The molecule has 0 spiro atoms. The molecule has 4 heteroatoms. The first-order valence-electron chi connectivity index (χ1n) is 5.36. The highest BCUT2D eigenvalue weighted by Crippen LogP contribution is 2.27. The van der Waals surface area contributed by atoms with Gasteiger partial charge in [0.2, 0.25) is 0 Å². The zero-order valence-electron chi connectivity index (χ0n) is 9.47. The summed E-state index contributed by atoms with van der Waals surface area (Å²) in [6.07, 6.45) is 0. The zero-order chi connectivity index (χ0) is 13.0. The van der Waals surface area contributed by atoms with E-state index in [2.05, 4.69) is 28.1 Å². The number of rotatable bonds is 4. The number of carboxylic acids is 1. The van der Waals surface area contributed by atoms with Gasteiger partial charge in [-0.15, -0.1) is 11.8 Å². The van der Waals surface area contributed by atoms with Gasteiger partial charge in [-0.2, -0.15) is 0 Å². The smallest absolute Gasteiger partial charge is 0.336 e. The maximum Gasteiger partial charge on any atom is 0.336 e. The number of benzene rings is 2. The molecule has 2 nitrogen and oxygen atoms in total. The van der Waals surface area contributed by atoms with E-state index >= 15 is 0 Å². The molecule has 0 radical (unpaired) electrons. The number of hydrogen-bond acceptors (Lipinski definition) is 2. The molecule has 0 aliphatic rings. The van der Waals surface area contributed by atoms with Gasteiger partial charge in [0.25, 0.3) is 0 Å². The van der Waals surface area contributed by atoms with Crippen LogP contribution in [0.1, 0.15) is 15.9 Å². The molecule has 2 aromatic rings. The Labute approximate surface area is 118 Å². The average Bonchev–Trinajstić information content (AvgIpc) is 2.38. The van der Waals surface area contributed by atoms with E-state index < -0.39 is 5.97 Å². The molecule has 0 aromatic heterocycles. The molecule has 2 aromatic carbocycles. The summed E-state index contributed by atoms with van der Waals surface area (Å²) in [4.78, 5) is 12.0. The molecule has 0 aliphatic heterocycles. The van der Waals surface area contributed by atoms with Crippen molar-refractivity contribution in [2.24, 2.45) is 0 Å². The molecule has 0 heterocycles. The predicted molar refractivity (Wildman–Crippen MR) is 77.1 cm³/mol. The van der Waals surface area contributed by atoms with Crippen LogP contribution in [0.2, 0.25) is 0 Å². The van der Waals surface area contributed by atoms with E-state index in [0.717, 1.165) is 10.6 Å². The van der Waals surface area contributed by atoms with Crippen LogP contribution in [-0.4, -0.2) is 11.1 Å². The maximum atomic E-state index is 11.0. The van der Waals surface area contributed by atoms with Gasteiger partial charge in [0.15, 0.2) is 0 Å². The van der Waals surface area contributed by atoms with E-state index in [0.29, 0.717) is 10.0 Å². The molecule has 0 aliphatic carbocycles. The van der Waals surface area contributed by atoms with Crippen LogP contribution in [0.25, 0.3) is 0 Å². The second-order valence-electron chi connectivity index (χ2n) is 3.72. The molecule has 0 fully saturated rings. The van der Waals surface area contributed by atoms with Crippen LogP contribution >= 0.6 is 27.7 Å². The standard InChI is InChI=1S/C14H11BrO2S/c15-13-7-6-11(8-12(13)14(16)17)18-9-10-4-2-1-3-5-10/h1-8H,9H2,(H,16,17). The summed E-state index contributed by atoms with van der Waals surface area (Å²) in [7, 11) is 0. The molecule has 0 saturated heterocycles. The van der Waals surface area contributed by atoms with Gasteiger partial charge in [-0.05, 0) is 39.7 Å². The van der Waals surface area contributed by atoms with Crippen LogP contribution in [0, 0.1) is 0 Å². The third-order valence-electron chi connectivity index (χ3n) is 2.42. The van der Waals surface area contributed by atoms with Crippen molar-refractivity contribution in [3.63, 3.8) is 0 Å². The average molecular weight is 323 g/mol. The van der Waals surface area contributed by atoms with Crippen molar-refractivity contribution in [1.29, 1.82) is 0 Å². The Hall–Kier alpha value is -1.26. The summed E-state index contributed by atoms with van der Waals surface area (Å²) in [5.74, 6) is -0.0781. The molecule has 0 atom stereocenters. The Balaban J connectivity index is 2.11. The van der Waals surface area contributed by atoms with Gasteiger partial charge >= 0.3 is 5.97 Å². The second-order valence-corrected chi connectivity index (χ2v) is 5.62. The molecule has 1 N–H and O–H groups in total. The molecule has 0 bridgehead atoms. The highest BCUT2D eigenvalue weighted by atomic mass is 79.9. The van der Waals surface area contributed by atoms with E-state index in [1.807, 2.05) is 24.3 Å². The molecule has 18 heavy (non-hydrogen) atoms. The van der Waals surface area contributed by atoms with Crippen LogP contribution in [0.4, 0.5) is 0 Å². The summed E-state index contributed by atoms with van der Waals surface area (Å²) in [6, 6.07) is 15.5. The lowest BCUT2D eigenvalue weighted by Crippen LogP contribution is -1.97. The fourth-order valence-electron chi connectivity index (χ4n) is 1.50. The third kappa shape index (κ3) is 3.37. The van der Waals surface area contributed by atoms with Crippen LogP contribution in [0.15, 0.2) is 57.9 Å². The largest absolute Gasteiger partial charge is 0.478 e. The zero-order valence-corrected chi connectivity index (χ0v) is 11.9. The minimum Gasteiger partial charge on any atom is -0.478 e. The number of carbonyl (C=O) groups is 1. The molecule has 0 amide bonds. The second kappa shape index (κ2) is 6.07. The highest BCUT2D eigenvalue weighted by Gasteiger charge is 2.09. The molecule has 0 saturated carbocycles. The van der Waals surface area contributed by atoms with Crippen molar-refractivity contribution in [1.82, 2.24) is 0 Å². The van der Waals surface area contributed by atoms with Gasteiger partial charge in [0.1, 0.15) is 0 Å². The van der Waals surface area contributed by atoms with Gasteiger partial charge in [-0.3, -0.25) is 0 Å². The van der Waals surface area contributed by atoms with Crippen molar-refractivity contribution in [2.45, 2.75) is 10.6 Å². The SMILES string of the molecule is O=C(O)c1cc(SCc2ccccc2)ccc1Br. The highest BCUT2D eigenvalue weighted by molar-refractivity contribution is 9.10. The monoisotopic (exact) mass is 322 g/mol. The summed E-state index contributed by atoms with van der Waals surface area (Å²) in [5, 5.41) is 9.04. The summed E-state index contributed by atoms with van der Waals surface area (Å²) in [6.45, 7) is 0. The van der Waals surface area contributed by atoms with Gasteiger partial charge in [0.05, 0.1) is 5.56 Å². The van der Waals surface area contributed by atoms with Gasteiger partial charge in [-0.25, -0.2) is 4.79 Å². The lowest BCUT2D eigenvalue weighted by molar-refractivity contribution is 0.0695. The molecule has 92 valence electrons. The lowest BCUT2D eigenvalue weighted by Gasteiger charge is -2.04. The fourth-order valence-corrected chi connectivity index (χ4v) is 2.81. The van der Waals surface area contributed by atoms with Crippen molar-refractivity contribution in [2.75, 3.05) is 0 Å². The Morgan fingerprint density at radius 3 is 2.56 bits per heavy atom. The number of aromatic carboxylic acids is 1. The number of carboxylic acid groups (broad SMARTS) is 1. The van der Waals surface area contributed by atoms with Crippen molar-refractivity contribution >= 4 is 33.7 Å². The first-order valence-corrected chi connectivity index (χ1v) is 7.14. The minimum absolute atomic E-state index is 0.299. The summed E-state index contributed by atoms with van der Waals surface area (Å²) < 4.78 is 0.610. The summed E-state index contributed by atoms with van der Waals surface area (Å²) in [5.41, 5.74) is 1.52. The van der Waals surface area contributed by atoms with Gasteiger partial charge in [0, 0.05) is 15.1 Å².